The van der Waals surface area contributed by atoms with E-state index in [-0.39, 0.29) is 5.41 Å². The molecule has 3 heteroatoms. The van der Waals surface area contributed by atoms with E-state index in [2.05, 4.69) is 135 Å². The molecule has 6 aromatic carbocycles. The zero-order valence-corrected chi connectivity index (χ0v) is 25.7. The first kappa shape index (κ1) is 24.8. The maximum absolute atomic E-state index is 2.46. The fourth-order valence-corrected chi connectivity index (χ4v) is 10.1. The van der Waals surface area contributed by atoms with Gasteiger partial charge in [0.15, 0.2) is 0 Å². The van der Waals surface area contributed by atoms with Crippen molar-refractivity contribution in [3.63, 3.8) is 0 Å². The molecular weight excluding hydrogens is 565 g/mol. The predicted octanol–water partition coefficient (Wildman–Crippen LogP) is 12.3. The van der Waals surface area contributed by atoms with E-state index in [1.54, 1.807) is 0 Å². The Labute approximate surface area is 258 Å². The Morgan fingerprint density at radius 1 is 0.429 bits per heavy atom. The Bertz CT molecular complexity index is 2230. The van der Waals surface area contributed by atoms with Gasteiger partial charge in [0, 0.05) is 45.2 Å². The molecular formula is C39H26S3. The molecule has 0 amide bonds. The van der Waals surface area contributed by atoms with Crippen molar-refractivity contribution in [1.29, 1.82) is 0 Å². The smallest absolute Gasteiger partial charge is 0.0355 e. The number of benzene rings is 6. The molecule has 200 valence electrons. The Morgan fingerprint density at radius 2 is 1.05 bits per heavy atom. The molecule has 1 aliphatic carbocycles. The van der Waals surface area contributed by atoms with Gasteiger partial charge in [-0.2, -0.15) is 0 Å². The average Bonchev–Trinajstić information content (AvgIpc) is 3.50. The van der Waals surface area contributed by atoms with Crippen molar-refractivity contribution in [2.24, 2.45) is 0 Å². The van der Waals surface area contributed by atoms with E-state index in [9.17, 15) is 0 Å². The molecule has 2 aliphatic rings. The summed E-state index contributed by atoms with van der Waals surface area (Å²) < 4.78 is 2.69. The number of thiophene rings is 1. The number of fused-ring (bicyclic) bond motifs is 8. The first-order chi connectivity index (χ1) is 20.5. The lowest BCUT2D eigenvalue weighted by atomic mass is 9.82. The maximum Gasteiger partial charge on any atom is 0.0355 e. The molecule has 0 saturated heterocycles. The van der Waals surface area contributed by atoms with E-state index in [0.29, 0.717) is 0 Å². The Kier molecular flexibility index (Phi) is 5.38. The van der Waals surface area contributed by atoms with Crippen LogP contribution in [0.1, 0.15) is 25.0 Å². The molecule has 7 aromatic rings. The topological polar surface area (TPSA) is 0 Å². The van der Waals surface area contributed by atoms with Crippen LogP contribution in [0.4, 0.5) is 0 Å². The third-order valence-corrected chi connectivity index (χ3v) is 12.6. The third kappa shape index (κ3) is 3.70. The molecule has 1 aliphatic heterocycles. The highest BCUT2D eigenvalue weighted by molar-refractivity contribution is 8.05. The second-order valence-corrected chi connectivity index (χ2v) is 15.0. The third-order valence-electron chi connectivity index (χ3n) is 8.94. The van der Waals surface area contributed by atoms with Crippen molar-refractivity contribution >= 4 is 55.0 Å². The first-order valence-electron chi connectivity index (χ1n) is 14.3. The summed E-state index contributed by atoms with van der Waals surface area (Å²) in [6.45, 7) is 4.76. The highest BCUT2D eigenvalue weighted by Crippen LogP contribution is 2.56. The monoisotopic (exact) mass is 590 g/mol. The van der Waals surface area contributed by atoms with E-state index in [1.807, 2.05) is 34.9 Å². The Morgan fingerprint density at radius 3 is 1.86 bits per heavy atom. The summed E-state index contributed by atoms with van der Waals surface area (Å²) in [4.78, 5) is 5.45. The van der Waals surface area contributed by atoms with Crippen LogP contribution in [0, 0.1) is 0 Å². The summed E-state index contributed by atoms with van der Waals surface area (Å²) in [6, 6.07) is 45.5. The van der Waals surface area contributed by atoms with Crippen LogP contribution in [0.15, 0.2) is 141 Å². The van der Waals surface area contributed by atoms with Gasteiger partial charge in [-0.25, -0.2) is 0 Å². The summed E-state index contributed by atoms with van der Waals surface area (Å²) in [5.74, 6) is 0. The summed E-state index contributed by atoms with van der Waals surface area (Å²) in [5.41, 5.74) is 10.6. The number of rotatable bonds is 2. The van der Waals surface area contributed by atoms with Crippen LogP contribution in [0.5, 0.6) is 0 Å². The minimum atomic E-state index is -0.0268. The van der Waals surface area contributed by atoms with E-state index in [0.717, 1.165) is 0 Å². The van der Waals surface area contributed by atoms with Crippen LogP contribution >= 0.6 is 34.9 Å². The highest BCUT2D eigenvalue weighted by Gasteiger charge is 2.37. The van der Waals surface area contributed by atoms with E-state index in [4.69, 9.17) is 0 Å². The lowest BCUT2D eigenvalue weighted by Gasteiger charge is -2.24. The lowest BCUT2D eigenvalue weighted by Crippen LogP contribution is -2.15. The maximum atomic E-state index is 2.46. The van der Waals surface area contributed by atoms with E-state index < -0.39 is 0 Å². The van der Waals surface area contributed by atoms with Crippen LogP contribution in [-0.2, 0) is 5.41 Å². The van der Waals surface area contributed by atoms with Crippen LogP contribution in [0.3, 0.4) is 0 Å². The molecule has 0 saturated carbocycles. The van der Waals surface area contributed by atoms with Crippen LogP contribution in [0.25, 0.3) is 53.6 Å². The molecule has 0 nitrogen and oxygen atoms in total. The van der Waals surface area contributed by atoms with Gasteiger partial charge in [-0.3, -0.25) is 0 Å². The SMILES string of the molecule is CC1(C)c2ccc(-c3cccc(-c4ccc5sc6ccccc6c5c4)c3)cc2-c2cc3c(cc21)Sc1ccccc1S3. The molecule has 0 unspecified atom stereocenters. The lowest BCUT2D eigenvalue weighted by molar-refractivity contribution is 0.657. The zero-order chi connectivity index (χ0) is 28.0. The van der Waals surface area contributed by atoms with Gasteiger partial charge < -0.3 is 0 Å². The van der Waals surface area contributed by atoms with Crippen LogP contribution in [0.2, 0.25) is 0 Å². The van der Waals surface area contributed by atoms with E-state index >= 15 is 0 Å². The Hall–Kier alpha value is -3.76. The fraction of sp³-hybridized carbons (Fsp3) is 0.0769. The molecule has 0 radical (unpaired) electrons. The average molecular weight is 591 g/mol. The van der Waals surface area contributed by atoms with Crippen molar-refractivity contribution in [3.8, 4) is 33.4 Å². The quantitative estimate of drug-likeness (QED) is 0.196. The van der Waals surface area contributed by atoms with Crippen molar-refractivity contribution in [2.45, 2.75) is 38.8 Å². The highest BCUT2D eigenvalue weighted by atomic mass is 32.2. The van der Waals surface area contributed by atoms with Gasteiger partial charge in [-0.1, -0.05) is 104 Å². The summed E-state index contributed by atoms with van der Waals surface area (Å²) >= 11 is 5.69. The van der Waals surface area contributed by atoms with E-state index in [1.165, 1.54) is 84.3 Å². The number of hydrogen-bond acceptors (Lipinski definition) is 3. The van der Waals surface area contributed by atoms with Crippen LogP contribution < -0.4 is 0 Å². The molecule has 0 spiro atoms. The molecule has 9 rings (SSSR count). The zero-order valence-electron chi connectivity index (χ0n) is 23.3. The van der Waals surface area contributed by atoms with Gasteiger partial charge in [0.2, 0.25) is 0 Å². The summed E-state index contributed by atoms with van der Waals surface area (Å²) in [6.07, 6.45) is 0. The van der Waals surface area contributed by atoms with Gasteiger partial charge in [-0.15, -0.1) is 11.3 Å². The van der Waals surface area contributed by atoms with Gasteiger partial charge in [-0.05, 0) is 99.1 Å². The van der Waals surface area contributed by atoms with Crippen molar-refractivity contribution in [1.82, 2.24) is 0 Å². The van der Waals surface area contributed by atoms with Gasteiger partial charge >= 0.3 is 0 Å². The van der Waals surface area contributed by atoms with Crippen LogP contribution in [-0.4, -0.2) is 0 Å². The van der Waals surface area contributed by atoms with Gasteiger partial charge in [0.05, 0.1) is 0 Å². The minimum absolute atomic E-state index is 0.0268. The second-order valence-electron chi connectivity index (χ2n) is 11.8. The standard InChI is InChI=1S/C39H26S3/c1-39(2)31-16-14-25(19-28(31)29-21-37-38(22-32(29)39)42-36-13-6-5-12-35(36)41-37)23-8-7-9-24(18-23)26-15-17-34-30(20-26)27-10-3-4-11-33(27)40-34/h3-22H,1-2H3. The molecule has 42 heavy (non-hydrogen) atoms. The molecule has 2 heterocycles. The molecule has 0 bridgehead atoms. The summed E-state index contributed by atoms with van der Waals surface area (Å²) in [7, 11) is 0. The van der Waals surface area contributed by atoms with Crippen molar-refractivity contribution in [3.05, 3.63) is 132 Å². The van der Waals surface area contributed by atoms with Crippen molar-refractivity contribution in [2.75, 3.05) is 0 Å². The fourth-order valence-electron chi connectivity index (χ4n) is 6.74. The van der Waals surface area contributed by atoms with Gasteiger partial charge in [0.25, 0.3) is 0 Å². The Balaban J connectivity index is 1.13. The predicted molar refractivity (Wildman–Crippen MR) is 182 cm³/mol. The first-order valence-corrected chi connectivity index (χ1v) is 16.8. The molecule has 0 fully saturated rings. The van der Waals surface area contributed by atoms with Crippen molar-refractivity contribution < 1.29 is 0 Å². The normalized spacial score (nSPS) is 14.4. The largest absolute Gasteiger partial charge is 0.135 e. The molecule has 1 aromatic heterocycles. The minimum Gasteiger partial charge on any atom is -0.135 e. The molecule has 0 N–H and O–H groups in total. The number of hydrogen-bond donors (Lipinski definition) is 0. The second kappa shape index (κ2) is 9.12. The van der Waals surface area contributed by atoms with Gasteiger partial charge in [0.1, 0.15) is 0 Å². The summed E-state index contributed by atoms with van der Waals surface area (Å²) in [5, 5.41) is 2.69. The molecule has 0 atom stereocenters.